The molecule has 0 aromatic carbocycles. The standard InChI is InChI=1S/C19H27N5/c1-11(2)15-10-21-24-17(7-16(12-3-4-12)22-19(15)24)23-18-13-5-6-14(18)9-20-8-13/h7,10-14,18,20,23H,3-6,8-9H2,1-2H3. The second-order valence-electron chi connectivity index (χ2n) is 8.26. The molecule has 5 nitrogen and oxygen atoms in total. The van der Waals surface area contributed by atoms with Crippen LogP contribution in [0.2, 0.25) is 0 Å². The van der Waals surface area contributed by atoms with Gasteiger partial charge in [-0.1, -0.05) is 13.8 Å². The highest BCUT2D eigenvalue weighted by Crippen LogP contribution is 2.41. The monoisotopic (exact) mass is 325 g/mol. The van der Waals surface area contributed by atoms with E-state index in [0.29, 0.717) is 17.9 Å². The van der Waals surface area contributed by atoms with Crippen molar-refractivity contribution in [3.8, 4) is 0 Å². The van der Waals surface area contributed by atoms with Crippen molar-refractivity contribution in [2.75, 3.05) is 18.4 Å². The molecule has 1 saturated heterocycles. The molecule has 3 fully saturated rings. The Bertz CT molecular complexity index is 744. The van der Waals surface area contributed by atoms with E-state index < -0.39 is 0 Å². The Balaban J connectivity index is 1.56. The van der Waals surface area contributed by atoms with Crippen LogP contribution in [0.25, 0.3) is 5.65 Å². The van der Waals surface area contributed by atoms with Gasteiger partial charge in [0, 0.05) is 29.3 Å². The Morgan fingerprint density at radius 2 is 1.92 bits per heavy atom. The molecule has 5 heteroatoms. The Morgan fingerprint density at radius 1 is 1.17 bits per heavy atom. The lowest BCUT2D eigenvalue weighted by molar-refractivity contribution is 0.341. The average Bonchev–Trinajstić information content (AvgIpc) is 3.29. The van der Waals surface area contributed by atoms with Crippen LogP contribution in [0.4, 0.5) is 5.82 Å². The molecular formula is C19H27N5. The molecule has 128 valence electrons. The summed E-state index contributed by atoms with van der Waals surface area (Å²) >= 11 is 0. The van der Waals surface area contributed by atoms with Crippen molar-refractivity contribution in [1.29, 1.82) is 0 Å². The van der Waals surface area contributed by atoms with E-state index in [0.717, 1.165) is 36.4 Å². The molecule has 2 aromatic heterocycles. The van der Waals surface area contributed by atoms with Gasteiger partial charge in [-0.05, 0) is 56.5 Å². The van der Waals surface area contributed by atoms with Crippen LogP contribution in [0.5, 0.6) is 0 Å². The molecule has 3 heterocycles. The van der Waals surface area contributed by atoms with Gasteiger partial charge in [-0.25, -0.2) is 4.98 Å². The third-order valence-corrected chi connectivity index (χ3v) is 6.19. The van der Waals surface area contributed by atoms with Crippen LogP contribution in [-0.2, 0) is 0 Å². The van der Waals surface area contributed by atoms with Gasteiger partial charge in [-0.3, -0.25) is 0 Å². The van der Waals surface area contributed by atoms with Gasteiger partial charge >= 0.3 is 0 Å². The van der Waals surface area contributed by atoms with Crippen LogP contribution in [-0.4, -0.2) is 33.7 Å². The first-order chi connectivity index (χ1) is 11.7. The van der Waals surface area contributed by atoms with Crippen LogP contribution < -0.4 is 10.6 Å². The van der Waals surface area contributed by atoms with E-state index in [-0.39, 0.29) is 0 Å². The summed E-state index contributed by atoms with van der Waals surface area (Å²) in [7, 11) is 0. The van der Waals surface area contributed by atoms with Gasteiger partial charge in [-0.2, -0.15) is 9.61 Å². The zero-order valence-corrected chi connectivity index (χ0v) is 14.6. The Morgan fingerprint density at radius 3 is 2.58 bits per heavy atom. The van der Waals surface area contributed by atoms with Gasteiger partial charge < -0.3 is 10.6 Å². The predicted octanol–water partition coefficient (Wildman–Crippen LogP) is 3.14. The first-order valence-corrected chi connectivity index (χ1v) is 9.56. The largest absolute Gasteiger partial charge is 0.367 e. The van der Waals surface area contributed by atoms with Gasteiger partial charge in [0.05, 0.1) is 6.20 Å². The van der Waals surface area contributed by atoms with E-state index in [4.69, 9.17) is 4.98 Å². The molecule has 3 aliphatic rings. The van der Waals surface area contributed by atoms with Crippen molar-refractivity contribution in [2.45, 2.75) is 57.4 Å². The molecule has 2 bridgehead atoms. The molecule has 2 aliphatic carbocycles. The molecule has 2 aromatic rings. The summed E-state index contributed by atoms with van der Waals surface area (Å²) in [5.41, 5.74) is 3.57. The van der Waals surface area contributed by atoms with E-state index in [1.807, 2.05) is 10.7 Å². The summed E-state index contributed by atoms with van der Waals surface area (Å²) in [6, 6.07) is 2.85. The minimum atomic E-state index is 0.451. The number of hydrogen-bond acceptors (Lipinski definition) is 4. The lowest BCUT2D eigenvalue weighted by atomic mass is 9.93. The number of fused-ring (bicyclic) bond motifs is 3. The normalized spacial score (nSPS) is 29.5. The van der Waals surface area contributed by atoms with Gasteiger partial charge in [-0.15, -0.1) is 0 Å². The van der Waals surface area contributed by atoms with Crippen LogP contribution in [0.3, 0.4) is 0 Å². The summed E-state index contributed by atoms with van der Waals surface area (Å²) in [4.78, 5) is 4.97. The second kappa shape index (κ2) is 5.45. The fourth-order valence-electron chi connectivity index (χ4n) is 4.59. The summed E-state index contributed by atoms with van der Waals surface area (Å²) in [5.74, 6) is 3.76. The van der Waals surface area contributed by atoms with E-state index in [9.17, 15) is 0 Å². The van der Waals surface area contributed by atoms with Crippen LogP contribution in [0, 0.1) is 11.8 Å². The summed E-state index contributed by atoms with van der Waals surface area (Å²) in [6.45, 7) is 6.74. The third-order valence-electron chi connectivity index (χ3n) is 6.19. The molecule has 0 radical (unpaired) electrons. The third kappa shape index (κ3) is 2.32. The minimum absolute atomic E-state index is 0.451. The number of nitrogens with one attached hydrogen (secondary N) is 2. The molecule has 24 heavy (non-hydrogen) atoms. The Hall–Kier alpha value is -1.62. The second-order valence-corrected chi connectivity index (χ2v) is 8.26. The topological polar surface area (TPSA) is 54.2 Å². The van der Waals surface area contributed by atoms with Crippen molar-refractivity contribution < 1.29 is 0 Å². The lowest BCUT2D eigenvalue weighted by Crippen LogP contribution is -2.45. The summed E-state index contributed by atoms with van der Waals surface area (Å²) in [6.07, 6.45) is 7.26. The molecule has 2 unspecified atom stereocenters. The summed E-state index contributed by atoms with van der Waals surface area (Å²) in [5, 5.41) is 12.1. The smallest absolute Gasteiger partial charge is 0.161 e. The number of aromatic nitrogens is 3. The highest BCUT2D eigenvalue weighted by atomic mass is 15.3. The predicted molar refractivity (Wildman–Crippen MR) is 95.5 cm³/mol. The average molecular weight is 325 g/mol. The highest BCUT2D eigenvalue weighted by molar-refractivity contribution is 5.56. The maximum absolute atomic E-state index is 4.97. The molecule has 5 rings (SSSR count). The van der Waals surface area contributed by atoms with Crippen molar-refractivity contribution in [2.24, 2.45) is 11.8 Å². The SMILES string of the molecule is CC(C)c1cnn2c(NC3C4CCC3CNC4)cc(C3CC3)nc12. The van der Waals surface area contributed by atoms with Crippen LogP contribution in [0.1, 0.15) is 62.6 Å². The number of nitrogens with zero attached hydrogens (tertiary/aromatic N) is 3. The Kier molecular flexibility index (Phi) is 3.34. The maximum atomic E-state index is 4.97. The number of piperidine rings is 1. The molecule has 2 atom stereocenters. The first-order valence-electron chi connectivity index (χ1n) is 9.56. The molecule has 1 aliphatic heterocycles. The maximum Gasteiger partial charge on any atom is 0.161 e. The molecule has 0 amide bonds. The molecule has 0 spiro atoms. The van der Waals surface area contributed by atoms with Crippen molar-refractivity contribution in [3.63, 3.8) is 0 Å². The highest BCUT2D eigenvalue weighted by Gasteiger charge is 2.39. The van der Waals surface area contributed by atoms with E-state index in [1.165, 1.54) is 36.9 Å². The van der Waals surface area contributed by atoms with E-state index >= 15 is 0 Å². The van der Waals surface area contributed by atoms with E-state index in [1.54, 1.807) is 0 Å². The van der Waals surface area contributed by atoms with Gasteiger partial charge in [0.1, 0.15) is 5.82 Å². The summed E-state index contributed by atoms with van der Waals surface area (Å²) < 4.78 is 2.04. The lowest BCUT2D eigenvalue weighted by Gasteiger charge is -2.32. The van der Waals surface area contributed by atoms with Crippen LogP contribution >= 0.6 is 0 Å². The molecular weight excluding hydrogens is 298 g/mol. The van der Waals surface area contributed by atoms with Crippen molar-refractivity contribution in [3.05, 3.63) is 23.5 Å². The molecule has 2 N–H and O–H groups in total. The number of hydrogen-bond donors (Lipinski definition) is 2. The molecule has 2 saturated carbocycles. The first kappa shape index (κ1) is 14.7. The van der Waals surface area contributed by atoms with Gasteiger partial charge in [0.25, 0.3) is 0 Å². The fraction of sp³-hybridized carbons (Fsp3) is 0.684. The fourth-order valence-corrected chi connectivity index (χ4v) is 4.59. The number of rotatable bonds is 4. The van der Waals surface area contributed by atoms with E-state index in [2.05, 4.69) is 35.6 Å². The quantitative estimate of drug-likeness (QED) is 0.907. The number of anilines is 1. The zero-order chi connectivity index (χ0) is 16.3. The van der Waals surface area contributed by atoms with Crippen molar-refractivity contribution in [1.82, 2.24) is 19.9 Å². The van der Waals surface area contributed by atoms with Crippen LogP contribution in [0.15, 0.2) is 12.3 Å². The van der Waals surface area contributed by atoms with Gasteiger partial charge in [0.2, 0.25) is 0 Å². The van der Waals surface area contributed by atoms with Gasteiger partial charge in [0.15, 0.2) is 5.65 Å². The Labute approximate surface area is 143 Å². The minimum Gasteiger partial charge on any atom is -0.367 e. The van der Waals surface area contributed by atoms with Crippen molar-refractivity contribution >= 4 is 11.5 Å². The zero-order valence-electron chi connectivity index (χ0n) is 14.6.